The normalized spacial score (nSPS) is 11.4. The smallest absolute Gasteiger partial charge is 0.262 e. The third-order valence-corrected chi connectivity index (χ3v) is 4.65. The quantitative estimate of drug-likeness (QED) is 0.527. The lowest BCUT2D eigenvalue weighted by Gasteiger charge is -2.13. The fourth-order valence-electron chi connectivity index (χ4n) is 3.27. The van der Waals surface area contributed by atoms with Crippen LogP contribution in [0.2, 0.25) is 0 Å². The van der Waals surface area contributed by atoms with Gasteiger partial charge in [-0.1, -0.05) is 6.42 Å². The number of aromatic amines is 1. The lowest BCUT2D eigenvalue weighted by molar-refractivity contribution is -0.116. The van der Waals surface area contributed by atoms with Crippen LogP contribution in [0.4, 0.5) is 5.69 Å². The van der Waals surface area contributed by atoms with Crippen LogP contribution in [-0.4, -0.2) is 33.8 Å². The van der Waals surface area contributed by atoms with Crippen molar-refractivity contribution in [3.05, 3.63) is 40.0 Å². The molecule has 3 rings (SSSR count). The summed E-state index contributed by atoms with van der Waals surface area (Å²) in [5.41, 5.74) is 15.5. The second kappa shape index (κ2) is 8.32. The highest BCUT2D eigenvalue weighted by Crippen LogP contribution is 2.26. The number of carbonyl (C=O) groups excluding carboxylic acids is 1. The van der Waals surface area contributed by atoms with Crippen LogP contribution in [0.15, 0.2) is 23.0 Å². The Hall–Kier alpha value is -2.71. The largest absolute Gasteiger partial charge is 0.677 e. The molecule has 27 heavy (non-hydrogen) atoms. The number of aromatic nitrogens is 3. The Bertz CT molecular complexity index is 1020. The van der Waals surface area contributed by atoms with Gasteiger partial charge in [-0.25, -0.2) is 0 Å². The van der Waals surface area contributed by atoms with Gasteiger partial charge in [0.1, 0.15) is 5.52 Å². The van der Waals surface area contributed by atoms with Gasteiger partial charge in [0.15, 0.2) is 0 Å². The standard InChI is InChI=1S/C19H25N6O2/c1-12-17-18(24-23-12)14-11-13(22-16(26)5-2-3-8-20)6-7-15(14)25(19(17)27)10-4-9-21/h6-7,11,20H,2-5,8-10,21H2,1H3,(H,22,26)(H,23,24)/q-1. The van der Waals surface area contributed by atoms with Crippen molar-refractivity contribution in [2.45, 2.75) is 39.2 Å². The summed E-state index contributed by atoms with van der Waals surface area (Å²) in [6.45, 7) is 3.20. The summed E-state index contributed by atoms with van der Waals surface area (Å²) in [5, 5.41) is 11.5. The number of rotatable bonds is 8. The third kappa shape index (κ3) is 3.86. The van der Waals surface area contributed by atoms with Crippen molar-refractivity contribution in [2.24, 2.45) is 5.73 Å². The molecule has 0 aliphatic heterocycles. The van der Waals surface area contributed by atoms with Gasteiger partial charge in [-0.15, -0.1) is 0 Å². The average molecular weight is 369 g/mol. The Balaban J connectivity index is 2.04. The predicted octanol–water partition coefficient (Wildman–Crippen LogP) is 2.70. The van der Waals surface area contributed by atoms with E-state index in [1.165, 1.54) is 0 Å². The van der Waals surface area contributed by atoms with Crippen LogP contribution in [0, 0.1) is 6.92 Å². The maximum atomic E-state index is 12.9. The first-order chi connectivity index (χ1) is 13.1. The molecule has 5 N–H and O–H groups in total. The van der Waals surface area contributed by atoms with Crippen LogP contribution in [0.25, 0.3) is 27.5 Å². The molecule has 0 bridgehead atoms. The van der Waals surface area contributed by atoms with Crippen molar-refractivity contribution in [3.63, 3.8) is 0 Å². The van der Waals surface area contributed by atoms with Gasteiger partial charge in [-0.2, -0.15) is 11.6 Å². The highest BCUT2D eigenvalue weighted by molar-refractivity contribution is 6.06. The van der Waals surface area contributed by atoms with E-state index in [0.717, 1.165) is 16.6 Å². The van der Waals surface area contributed by atoms with Crippen molar-refractivity contribution in [3.8, 4) is 0 Å². The van der Waals surface area contributed by atoms with E-state index in [-0.39, 0.29) is 11.5 Å². The Morgan fingerprint density at radius 2 is 2.15 bits per heavy atom. The molecule has 1 amide bonds. The van der Waals surface area contributed by atoms with Gasteiger partial charge in [0, 0.05) is 29.7 Å². The van der Waals surface area contributed by atoms with E-state index < -0.39 is 0 Å². The maximum Gasteiger partial charge on any atom is 0.262 e. The molecule has 0 spiro atoms. The fraction of sp³-hybridized carbons (Fsp3) is 0.421. The molecule has 0 aliphatic carbocycles. The molecule has 144 valence electrons. The fourth-order valence-corrected chi connectivity index (χ4v) is 3.27. The zero-order valence-electron chi connectivity index (χ0n) is 15.5. The van der Waals surface area contributed by atoms with E-state index in [1.54, 1.807) is 10.6 Å². The first-order valence-corrected chi connectivity index (χ1v) is 9.22. The van der Waals surface area contributed by atoms with Crippen molar-refractivity contribution >= 4 is 33.4 Å². The number of amides is 1. The Kier molecular flexibility index (Phi) is 5.88. The van der Waals surface area contributed by atoms with Gasteiger partial charge in [0.05, 0.1) is 10.9 Å². The number of nitrogens with zero attached hydrogens (tertiary/aromatic N) is 2. The Morgan fingerprint density at radius 3 is 2.89 bits per heavy atom. The third-order valence-electron chi connectivity index (χ3n) is 4.65. The minimum absolute atomic E-state index is 0.0753. The number of aryl methyl sites for hydroxylation is 2. The average Bonchev–Trinajstić information content (AvgIpc) is 3.04. The molecule has 3 aromatic rings. The highest BCUT2D eigenvalue weighted by atomic mass is 16.1. The molecule has 0 unspecified atom stereocenters. The summed E-state index contributed by atoms with van der Waals surface area (Å²) in [6.07, 6.45) is 2.51. The first-order valence-electron chi connectivity index (χ1n) is 9.22. The Morgan fingerprint density at radius 1 is 1.33 bits per heavy atom. The van der Waals surface area contributed by atoms with Crippen LogP contribution in [-0.2, 0) is 11.3 Å². The Labute approximate surface area is 156 Å². The number of anilines is 1. The molecule has 2 aromatic heterocycles. The first kappa shape index (κ1) is 19.1. The molecule has 2 heterocycles. The number of benzene rings is 1. The second-order valence-corrected chi connectivity index (χ2v) is 6.66. The van der Waals surface area contributed by atoms with Gasteiger partial charge >= 0.3 is 0 Å². The number of pyridine rings is 1. The lowest BCUT2D eigenvalue weighted by Crippen LogP contribution is -2.22. The highest BCUT2D eigenvalue weighted by Gasteiger charge is 2.16. The number of carbonyl (C=O) groups is 1. The molecular weight excluding hydrogens is 344 g/mol. The van der Waals surface area contributed by atoms with Gasteiger partial charge in [-0.3, -0.25) is 14.7 Å². The summed E-state index contributed by atoms with van der Waals surface area (Å²) < 4.78 is 1.73. The van der Waals surface area contributed by atoms with Crippen molar-refractivity contribution in [1.82, 2.24) is 14.8 Å². The molecule has 0 radical (unpaired) electrons. The minimum Gasteiger partial charge on any atom is -0.677 e. The maximum absolute atomic E-state index is 12.9. The van der Waals surface area contributed by atoms with Crippen LogP contribution in [0.1, 0.15) is 31.4 Å². The molecular formula is C19H25N6O2-. The van der Waals surface area contributed by atoms with E-state index in [0.29, 0.717) is 61.9 Å². The number of fused-ring (bicyclic) bond motifs is 3. The zero-order chi connectivity index (χ0) is 19.4. The lowest BCUT2D eigenvalue weighted by atomic mass is 10.1. The summed E-state index contributed by atoms with van der Waals surface area (Å²) in [4.78, 5) is 25.0. The van der Waals surface area contributed by atoms with Crippen LogP contribution >= 0.6 is 0 Å². The van der Waals surface area contributed by atoms with E-state index in [4.69, 9.17) is 11.5 Å². The van der Waals surface area contributed by atoms with Crippen molar-refractivity contribution in [2.75, 3.05) is 18.4 Å². The molecule has 0 atom stereocenters. The van der Waals surface area contributed by atoms with E-state index in [1.807, 2.05) is 19.1 Å². The van der Waals surface area contributed by atoms with Crippen molar-refractivity contribution in [1.29, 1.82) is 0 Å². The molecule has 0 fully saturated rings. The van der Waals surface area contributed by atoms with Gasteiger partial charge in [0.2, 0.25) is 5.91 Å². The predicted molar refractivity (Wildman–Crippen MR) is 108 cm³/mol. The van der Waals surface area contributed by atoms with Crippen molar-refractivity contribution < 1.29 is 4.79 Å². The van der Waals surface area contributed by atoms with Gasteiger partial charge in [-0.05, 0) is 44.5 Å². The summed E-state index contributed by atoms with van der Waals surface area (Å²) in [6, 6.07) is 5.50. The number of nitrogens with one attached hydrogen (secondary N) is 3. The molecule has 0 saturated heterocycles. The molecule has 8 nitrogen and oxygen atoms in total. The summed E-state index contributed by atoms with van der Waals surface area (Å²) in [7, 11) is 0. The molecule has 0 aliphatic rings. The van der Waals surface area contributed by atoms with E-state index in [2.05, 4.69) is 15.5 Å². The number of hydrogen-bond acceptors (Lipinski definition) is 4. The number of hydrogen-bond donors (Lipinski definition) is 3. The van der Waals surface area contributed by atoms with Gasteiger partial charge < -0.3 is 21.4 Å². The summed E-state index contributed by atoms with van der Waals surface area (Å²) >= 11 is 0. The van der Waals surface area contributed by atoms with Crippen LogP contribution in [0.3, 0.4) is 0 Å². The number of H-pyrrole nitrogens is 1. The van der Waals surface area contributed by atoms with E-state index >= 15 is 0 Å². The monoisotopic (exact) mass is 369 g/mol. The molecule has 1 aromatic carbocycles. The number of nitrogens with two attached hydrogens (primary N) is 1. The summed E-state index contributed by atoms with van der Waals surface area (Å²) in [5.74, 6) is -0.0753. The molecule has 0 saturated carbocycles. The number of unbranched alkanes of at least 4 members (excludes halogenated alkanes) is 1. The van der Waals surface area contributed by atoms with Crippen LogP contribution in [0.5, 0.6) is 0 Å². The second-order valence-electron chi connectivity index (χ2n) is 6.66. The van der Waals surface area contributed by atoms with E-state index in [9.17, 15) is 9.59 Å². The van der Waals surface area contributed by atoms with Gasteiger partial charge in [0.25, 0.3) is 5.56 Å². The zero-order valence-corrected chi connectivity index (χ0v) is 15.5. The SMILES string of the molecule is Cc1[nH]nc2c1c(=O)n(CCCN)c1ccc(NC(=O)CCCC[NH-])cc21. The van der Waals surface area contributed by atoms with Crippen LogP contribution < -0.4 is 16.6 Å². The minimum atomic E-state index is -0.0793. The molecule has 8 heteroatoms. The topological polar surface area (TPSA) is 130 Å².